The minimum atomic E-state index is -2.92. The first kappa shape index (κ1) is 11.6. The van der Waals surface area contributed by atoms with E-state index in [1.807, 2.05) is 13.0 Å². The zero-order valence-electron chi connectivity index (χ0n) is 8.97. The molecule has 0 N–H and O–H groups in total. The van der Waals surface area contributed by atoms with Crippen LogP contribution in [0.1, 0.15) is 14.5 Å². The van der Waals surface area contributed by atoms with E-state index in [-0.39, 0.29) is 17.4 Å². The number of carbonyl (C=O) groups is 1. The molecule has 2 rings (SSSR count). The summed E-state index contributed by atoms with van der Waals surface area (Å²) in [6.45, 7) is 2.58. The van der Waals surface area contributed by atoms with Crippen LogP contribution in [0.4, 0.5) is 0 Å². The van der Waals surface area contributed by atoms with Crippen LogP contribution in [0.5, 0.6) is 0 Å². The van der Waals surface area contributed by atoms with Gasteiger partial charge in [-0.3, -0.25) is 4.79 Å². The third-order valence-corrected chi connectivity index (χ3v) is 5.18. The first-order valence-electron chi connectivity index (χ1n) is 5.04. The lowest BCUT2D eigenvalue weighted by Crippen LogP contribution is -2.43. The van der Waals surface area contributed by atoms with Gasteiger partial charge in [0.1, 0.15) is 0 Å². The Morgan fingerprint density at radius 2 is 1.94 bits per heavy atom. The van der Waals surface area contributed by atoms with E-state index < -0.39 is 9.84 Å². The normalized spacial score (nSPS) is 19.7. The molecule has 1 aromatic heterocycles. The van der Waals surface area contributed by atoms with Crippen molar-refractivity contribution in [3.05, 3.63) is 21.9 Å². The average Bonchev–Trinajstić information content (AvgIpc) is 2.64. The van der Waals surface area contributed by atoms with Crippen LogP contribution in [0.2, 0.25) is 0 Å². The zero-order chi connectivity index (χ0) is 11.8. The number of sulfone groups is 1. The van der Waals surface area contributed by atoms with Gasteiger partial charge in [0.2, 0.25) is 0 Å². The van der Waals surface area contributed by atoms with E-state index in [0.717, 1.165) is 4.88 Å². The monoisotopic (exact) mass is 259 g/mol. The van der Waals surface area contributed by atoms with E-state index in [4.69, 9.17) is 0 Å². The summed E-state index contributed by atoms with van der Waals surface area (Å²) in [6.07, 6.45) is 0. The summed E-state index contributed by atoms with van der Waals surface area (Å²) >= 11 is 1.45. The molecule has 1 saturated heterocycles. The van der Waals surface area contributed by atoms with E-state index in [2.05, 4.69) is 0 Å². The van der Waals surface area contributed by atoms with Gasteiger partial charge in [0.15, 0.2) is 9.84 Å². The Morgan fingerprint density at radius 1 is 1.31 bits per heavy atom. The zero-order valence-corrected chi connectivity index (χ0v) is 10.6. The molecule has 1 fully saturated rings. The summed E-state index contributed by atoms with van der Waals surface area (Å²) in [5.41, 5.74) is 0. The van der Waals surface area contributed by atoms with E-state index >= 15 is 0 Å². The van der Waals surface area contributed by atoms with Gasteiger partial charge in [-0.15, -0.1) is 11.3 Å². The van der Waals surface area contributed by atoms with Gasteiger partial charge in [0.25, 0.3) is 5.91 Å². The maximum Gasteiger partial charge on any atom is 0.263 e. The molecule has 1 aromatic rings. The number of hydrogen-bond acceptors (Lipinski definition) is 4. The Labute approximate surface area is 98.8 Å². The fourth-order valence-electron chi connectivity index (χ4n) is 1.62. The molecular formula is C10H13NO3S2. The molecule has 2 heterocycles. The van der Waals surface area contributed by atoms with Gasteiger partial charge in [-0.05, 0) is 19.1 Å². The first-order chi connectivity index (χ1) is 7.48. The van der Waals surface area contributed by atoms with Crippen molar-refractivity contribution < 1.29 is 13.2 Å². The number of carbonyl (C=O) groups excluding carboxylic acids is 1. The summed E-state index contributed by atoms with van der Waals surface area (Å²) < 4.78 is 22.4. The molecule has 0 unspecified atom stereocenters. The van der Waals surface area contributed by atoms with Crippen molar-refractivity contribution in [3.63, 3.8) is 0 Å². The molecule has 0 bridgehead atoms. The third-order valence-electron chi connectivity index (χ3n) is 2.58. The quantitative estimate of drug-likeness (QED) is 0.754. The molecule has 1 amide bonds. The van der Waals surface area contributed by atoms with E-state index in [9.17, 15) is 13.2 Å². The van der Waals surface area contributed by atoms with Gasteiger partial charge < -0.3 is 4.90 Å². The van der Waals surface area contributed by atoms with Crippen LogP contribution < -0.4 is 0 Å². The van der Waals surface area contributed by atoms with Gasteiger partial charge in [-0.25, -0.2) is 8.42 Å². The minimum Gasteiger partial charge on any atom is -0.336 e. The lowest BCUT2D eigenvalue weighted by atomic mass is 10.3. The lowest BCUT2D eigenvalue weighted by Gasteiger charge is -2.26. The van der Waals surface area contributed by atoms with Crippen LogP contribution >= 0.6 is 11.3 Å². The fourth-order valence-corrected chi connectivity index (χ4v) is 3.66. The first-order valence-corrected chi connectivity index (χ1v) is 7.68. The Bertz CT molecular complexity index is 490. The van der Waals surface area contributed by atoms with Crippen LogP contribution in [0.15, 0.2) is 12.1 Å². The Morgan fingerprint density at radius 3 is 2.44 bits per heavy atom. The Hall–Kier alpha value is -0.880. The second-order valence-corrected chi connectivity index (χ2v) is 7.45. The molecule has 88 valence electrons. The standard InChI is InChI=1S/C10H13NO3S2/c1-8-2-3-9(15-8)10(12)11-4-6-16(13,14)7-5-11/h2-3H,4-7H2,1H3. The molecule has 0 spiro atoms. The highest BCUT2D eigenvalue weighted by Crippen LogP contribution is 2.18. The molecule has 1 aliphatic heterocycles. The predicted molar refractivity (Wildman–Crippen MR) is 63.6 cm³/mol. The summed E-state index contributed by atoms with van der Waals surface area (Å²) in [4.78, 5) is 15.4. The van der Waals surface area contributed by atoms with Crippen molar-refractivity contribution in [1.82, 2.24) is 4.90 Å². The predicted octanol–water partition coefficient (Wildman–Crippen LogP) is 0.927. The van der Waals surface area contributed by atoms with Gasteiger partial charge >= 0.3 is 0 Å². The van der Waals surface area contributed by atoms with Gasteiger partial charge in [-0.1, -0.05) is 0 Å². The largest absolute Gasteiger partial charge is 0.336 e. The number of amides is 1. The molecule has 0 atom stereocenters. The highest BCUT2D eigenvalue weighted by Gasteiger charge is 2.26. The smallest absolute Gasteiger partial charge is 0.263 e. The van der Waals surface area contributed by atoms with Crippen LogP contribution in [-0.4, -0.2) is 43.8 Å². The molecular weight excluding hydrogens is 246 g/mol. The summed E-state index contributed by atoms with van der Waals surface area (Å²) in [5.74, 6) is 0.125. The fraction of sp³-hybridized carbons (Fsp3) is 0.500. The molecule has 1 aliphatic rings. The molecule has 0 aliphatic carbocycles. The molecule has 0 radical (unpaired) electrons. The SMILES string of the molecule is Cc1ccc(C(=O)N2CCS(=O)(=O)CC2)s1. The second-order valence-electron chi connectivity index (χ2n) is 3.85. The maximum atomic E-state index is 12.0. The molecule has 16 heavy (non-hydrogen) atoms. The second kappa shape index (κ2) is 4.18. The van der Waals surface area contributed by atoms with Crippen molar-refractivity contribution in [2.45, 2.75) is 6.92 Å². The topological polar surface area (TPSA) is 54.5 Å². The van der Waals surface area contributed by atoms with E-state index in [0.29, 0.717) is 18.0 Å². The van der Waals surface area contributed by atoms with Gasteiger partial charge in [0.05, 0.1) is 16.4 Å². The Balaban J connectivity index is 2.07. The van der Waals surface area contributed by atoms with Gasteiger partial charge in [0, 0.05) is 18.0 Å². The van der Waals surface area contributed by atoms with Crippen molar-refractivity contribution in [2.24, 2.45) is 0 Å². The van der Waals surface area contributed by atoms with Crippen LogP contribution in [0.3, 0.4) is 0 Å². The maximum absolute atomic E-state index is 12.0. The van der Waals surface area contributed by atoms with Crippen LogP contribution in [-0.2, 0) is 9.84 Å². The number of thiophene rings is 1. The van der Waals surface area contributed by atoms with Crippen LogP contribution in [0, 0.1) is 6.92 Å². The van der Waals surface area contributed by atoms with Crippen molar-refractivity contribution in [2.75, 3.05) is 24.6 Å². The molecule has 4 nitrogen and oxygen atoms in total. The Kier molecular flexibility index (Phi) is 3.03. The minimum absolute atomic E-state index is 0.0481. The molecule has 6 heteroatoms. The molecule has 0 saturated carbocycles. The highest BCUT2D eigenvalue weighted by atomic mass is 32.2. The lowest BCUT2D eigenvalue weighted by molar-refractivity contribution is 0.0775. The van der Waals surface area contributed by atoms with E-state index in [1.54, 1.807) is 11.0 Å². The van der Waals surface area contributed by atoms with Crippen LogP contribution in [0.25, 0.3) is 0 Å². The number of nitrogens with zero attached hydrogens (tertiary/aromatic N) is 1. The summed E-state index contributed by atoms with van der Waals surface area (Å²) in [5, 5.41) is 0. The summed E-state index contributed by atoms with van der Waals surface area (Å²) in [6, 6.07) is 3.70. The number of hydrogen-bond donors (Lipinski definition) is 0. The number of aryl methyl sites for hydroxylation is 1. The third kappa shape index (κ3) is 2.44. The van der Waals surface area contributed by atoms with Crippen molar-refractivity contribution in [3.8, 4) is 0 Å². The highest BCUT2D eigenvalue weighted by molar-refractivity contribution is 7.91. The number of rotatable bonds is 1. The van der Waals surface area contributed by atoms with Gasteiger partial charge in [-0.2, -0.15) is 0 Å². The molecule has 0 aromatic carbocycles. The van der Waals surface area contributed by atoms with Crippen molar-refractivity contribution >= 4 is 27.1 Å². The van der Waals surface area contributed by atoms with Crippen molar-refractivity contribution in [1.29, 1.82) is 0 Å². The van der Waals surface area contributed by atoms with E-state index in [1.165, 1.54) is 11.3 Å². The average molecular weight is 259 g/mol. The summed E-state index contributed by atoms with van der Waals surface area (Å²) in [7, 11) is -2.92.